The van der Waals surface area contributed by atoms with Gasteiger partial charge < -0.3 is 240 Å². The van der Waals surface area contributed by atoms with Gasteiger partial charge in [-0.1, -0.05) is 0 Å². The Bertz CT molecular complexity index is 3160. The van der Waals surface area contributed by atoms with Crippen LogP contribution in [0.1, 0.15) is 27.7 Å². The SMILES string of the molecule is CC(=O)N[C@H]1[C@H](O[C@H]2[C@@H](O)[C@@H](CO)O[C@@H](O[C@H]3[C@H](O)[C@@H](O)[C@H](OC[C@@H](CO)NC=O)O[C@@H]3CO)[C@@H]2O)O[C@H](CO)[C@@H](O[C@@H]2O[C@H](CO)[C@H](O)[C@H](O[C@@H]3O[C@H](CO)[C@@H](O[C@@H]4O[C@H](CO)[C@H](O)[C@H](O[C@@H]5O[C@H](CO)[C@@H](O[C@@H]6O[C@H](CO)[C@H](O)[C@H](O[C@H]7O[C@H](CO)[C@H](O)[C@H](O)[C@H]7NC(C)=O)[C@H]6O)[C@H](O)[C@H]5NC(C)=O)[C@H]4O)[C@H](O)[C@H]3NC(C)=O)[C@H]2O)[C@@H]1O. The molecule has 119 heavy (non-hydrogen) atoms. The Balaban J connectivity index is 0.886. The summed E-state index contributed by atoms with van der Waals surface area (Å²) in [5, 5.41) is 290. The smallest absolute Gasteiger partial charge is 0.217 e. The third kappa shape index (κ3) is 22.4. The molecule has 9 saturated heterocycles. The van der Waals surface area contributed by atoms with Crippen molar-refractivity contribution in [1.29, 1.82) is 0 Å². The van der Waals surface area contributed by atoms with Gasteiger partial charge >= 0.3 is 0 Å². The third-order valence-electron chi connectivity index (χ3n) is 21.3. The summed E-state index contributed by atoms with van der Waals surface area (Å²) in [6.07, 6.45) is -82.7. The molecule has 0 aromatic rings. The van der Waals surface area contributed by atoms with Crippen molar-refractivity contribution < 1.29 is 237 Å². The lowest BCUT2D eigenvalue weighted by Crippen LogP contribution is -2.71. The summed E-state index contributed by atoms with van der Waals surface area (Å²) in [4.78, 5) is 62.0. The zero-order valence-electron chi connectivity index (χ0n) is 64.0. The van der Waals surface area contributed by atoms with E-state index in [1.807, 2.05) is 0 Å². The maximum absolute atomic E-state index is 13.0. The highest BCUT2D eigenvalue weighted by molar-refractivity contribution is 5.74. The van der Waals surface area contributed by atoms with Gasteiger partial charge in [0.1, 0.15) is 219 Å². The highest BCUT2D eigenvalue weighted by Gasteiger charge is 2.62. The van der Waals surface area contributed by atoms with E-state index >= 15 is 0 Å². The Morgan fingerprint density at radius 3 is 0.731 bits per heavy atom. The number of aliphatic hydroxyl groups is 25. The van der Waals surface area contributed by atoms with Crippen molar-refractivity contribution in [3.63, 3.8) is 0 Å². The van der Waals surface area contributed by atoms with Crippen LogP contribution in [0.2, 0.25) is 0 Å². The molecule has 0 radical (unpaired) electrons. The van der Waals surface area contributed by atoms with Gasteiger partial charge in [0.05, 0.1) is 78.7 Å². The number of ether oxygens (including phenoxy) is 18. The van der Waals surface area contributed by atoms with Crippen LogP contribution < -0.4 is 26.6 Å². The van der Waals surface area contributed by atoms with Gasteiger partial charge in [-0.15, -0.1) is 0 Å². The van der Waals surface area contributed by atoms with Gasteiger partial charge in [-0.05, 0) is 0 Å². The molecule has 53 heteroatoms. The Morgan fingerprint density at radius 2 is 0.487 bits per heavy atom. The first-order valence-corrected chi connectivity index (χ1v) is 37.8. The zero-order chi connectivity index (χ0) is 87.6. The van der Waals surface area contributed by atoms with Crippen LogP contribution in [0.4, 0.5) is 0 Å². The molecule has 9 fully saturated rings. The fraction of sp³-hybridized carbons (Fsp3) is 0.924. The summed E-state index contributed by atoms with van der Waals surface area (Å²) in [5.41, 5.74) is 0. The molecule has 688 valence electrons. The molecule has 9 rings (SSSR count). The first kappa shape index (κ1) is 98.4. The van der Waals surface area contributed by atoms with Crippen LogP contribution in [0, 0.1) is 0 Å². The van der Waals surface area contributed by atoms with Crippen molar-refractivity contribution in [2.75, 3.05) is 72.7 Å². The van der Waals surface area contributed by atoms with Crippen LogP contribution in [-0.2, 0) is 109 Å². The first-order chi connectivity index (χ1) is 56.5. The number of nitrogens with one attached hydrogen (secondary N) is 5. The van der Waals surface area contributed by atoms with Crippen molar-refractivity contribution in [1.82, 2.24) is 26.6 Å². The summed E-state index contributed by atoms with van der Waals surface area (Å²) in [7, 11) is 0. The molecule has 53 nitrogen and oxygen atoms in total. The summed E-state index contributed by atoms with van der Waals surface area (Å²) in [6.45, 7) is -7.02. The molecule has 0 bridgehead atoms. The van der Waals surface area contributed by atoms with Gasteiger partial charge in [-0.2, -0.15) is 0 Å². The van der Waals surface area contributed by atoms with Crippen molar-refractivity contribution in [2.45, 2.75) is 310 Å². The van der Waals surface area contributed by atoms with Crippen molar-refractivity contribution in [2.24, 2.45) is 0 Å². The fourth-order valence-corrected chi connectivity index (χ4v) is 15.2. The Labute approximate surface area is 674 Å². The number of aliphatic hydroxyl groups excluding tert-OH is 25. The maximum atomic E-state index is 13.0. The first-order valence-electron chi connectivity index (χ1n) is 37.8. The lowest BCUT2D eigenvalue weighted by molar-refractivity contribution is -0.390. The van der Waals surface area contributed by atoms with Gasteiger partial charge in [-0.25, -0.2) is 0 Å². The number of rotatable bonds is 35. The van der Waals surface area contributed by atoms with Crippen molar-refractivity contribution in [3.8, 4) is 0 Å². The molecule has 0 aromatic heterocycles. The standard InChI is InChI=1S/C66H111N5O48/c1-17(83)68-31-40(92)35(87)22(6-73)103-58(31)116-54-36(88)23(7-74)104-63(46(54)98)112-50-27(11-78)108-59(32(41(50)93)69-18(2)84)117-55-37(89)24(8-75)105-64(47(55)99)113-51-28(12-79)109-60(33(42(51)94)70-19(3)85)118-56-38(90)25(9-76)106-65(48(56)100)114-52-29(13-80)110-61(34(43(52)95)71-20(4)86)119-57-39(91)26(10-77)107-66(49(57)101)115-53-30(14-81)111-62(45(97)44(53)96)102-15-21(5-72)67-16-82/h16,21-66,72-81,87-101H,5-15H2,1-4H3,(H,67,82)(H,68,83)(H,69,84)(H,70,85)(H,71,86)/t21-,22-,23-,24-,25-,26-,27-,28-,29-,30-,31-,32-,33-,34-,35+,36+,37+,38+,39+,40-,41-,42-,43-,44-,45-,46-,47-,48-,49-,50-,51-,52-,53-,54+,55+,56+,57+,58-,59+,60+,61+,62-,63+,64+,65+,66+/m1/s1. The van der Waals surface area contributed by atoms with E-state index in [1.165, 1.54) is 0 Å². The third-order valence-corrected chi connectivity index (χ3v) is 21.3. The predicted molar refractivity (Wildman–Crippen MR) is 367 cm³/mol. The van der Waals surface area contributed by atoms with E-state index in [9.17, 15) is 152 Å². The predicted octanol–water partition coefficient (Wildman–Crippen LogP) is -20.9. The topological polar surface area (TPSA) is 817 Å². The van der Waals surface area contributed by atoms with E-state index in [0.717, 1.165) is 27.7 Å². The van der Waals surface area contributed by atoms with Crippen molar-refractivity contribution >= 4 is 30.0 Å². The lowest BCUT2D eigenvalue weighted by atomic mass is 9.93. The average molecular weight is 1740 g/mol. The molecule has 0 aromatic carbocycles. The molecule has 5 amide bonds. The van der Waals surface area contributed by atoms with Gasteiger partial charge in [0.15, 0.2) is 56.6 Å². The highest BCUT2D eigenvalue weighted by Crippen LogP contribution is 2.40. The summed E-state index contributed by atoms with van der Waals surface area (Å²) in [6, 6.07) is -8.45. The minimum atomic E-state index is -2.38. The Hall–Kier alpha value is -4.37. The monoisotopic (exact) mass is 1740 g/mol. The number of hydrogen-bond donors (Lipinski definition) is 30. The summed E-state index contributed by atoms with van der Waals surface area (Å²) in [5.74, 6) is -3.63. The molecule has 9 aliphatic heterocycles. The number of carbonyl (C=O) groups is 5. The molecule has 0 saturated carbocycles. The number of carbonyl (C=O) groups excluding carboxylic acids is 5. The second-order valence-electron chi connectivity index (χ2n) is 29.6. The molecular weight excluding hydrogens is 1630 g/mol. The van der Waals surface area contributed by atoms with Crippen LogP contribution >= 0.6 is 0 Å². The maximum Gasteiger partial charge on any atom is 0.217 e. The quantitative estimate of drug-likeness (QED) is 0.0262. The fourth-order valence-electron chi connectivity index (χ4n) is 15.2. The van der Waals surface area contributed by atoms with E-state index in [1.54, 1.807) is 0 Å². The van der Waals surface area contributed by atoms with Crippen LogP contribution in [0.25, 0.3) is 0 Å². The van der Waals surface area contributed by atoms with E-state index in [2.05, 4.69) is 26.6 Å². The van der Waals surface area contributed by atoms with Gasteiger partial charge in [-0.3, -0.25) is 24.0 Å². The molecule has 9 heterocycles. The van der Waals surface area contributed by atoms with E-state index in [-0.39, 0.29) is 6.41 Å². The zero-order valence-corrected chi connectivity index (χ0v) is 64.0. The normalized spacial score (nSPS) is 46.9. The summed E-state index contributed by atoms with van der Waals surface area (Å²) >= 11 is 0. The van der Waals surface area contributed by atoms with Crippen LogP contribution in [0.5, 0.6) is 0 Å². The van der Waals surface area contributed by atoms with Crippen LogP contribution in [0.15, 0.2) is 0 Å². The number of hydrogen-bond acceptors (Lipinski definition) is 48. The van der Waals surface area contributed by atoms with Crippen molar-refractivity contribution in [3.05, 3.63) is 0 Å². The van der Waals surface area contributed by atoms with Gasteiger partial charge in [0.25, 0.3) is 0 Å². The van der Waals surface area contributed by atoms with E-state index in [4.69, 9.17) is 85.3 Å². The molecule has 0 unspecified atom stereocenters. The lowest BCUT2D eigenvalue weighted by Gasteiger charge is -2.51. The minimum absolute atomic E-state index is 0.255. The molecular formula is C66H111N5O48. The molecule has 9 aliphatic rings. The molecule has 46 atom stereocenters. The molecule has 30 N–H and O–H groups in total. The second-order valence-corrected chi connectivity index (χ2v) is 29.6. The van der Waals surface area contributed by atoms with Gasteiger partial charge in [0.2, 0.25) is 30.0 Å². The van der Waals surface area contributed by atoms with Crippen LogP contribution in [0.3, 0.4) is 0 Å². The van der Waals surface area contributed by atoms with E-state index < -0.39 is 378 Å². The summed E-state index contributed by atoms with van der Waals surface area (Å²) < 4.78 is 105. The molecule has 0 aliphatic carbocycles. The van der Waals surface area contributed by atoms with Crippen LogP contribution in [-0.4, -0.2) is 513 Å². The minimum Gasteiger partial charge on any atom is -0.394 e. The Morgan fingerprint density at radius 1 is 0.269 bits per heavy atom. The molecule has 0 spiro atoms. The largest absolute Gasteiger partial charge is 0.394 e. The Kier molecular flexibility index (Phi) is 36.5. The van der Waals surface area contributed by atoms with E-state index in [0.29, 0.717) is 0 Å². The van der Waals surface area contributed by atoms with Gasteiger partial charge in [0, 0.05) is 27.7 Å². The second kappa shape index (κ2) is 44.2. The highest BCUT2D eigenvalue weighted by atomic mass is 16.8. The average Bonchev–Trinajstić information content (AvgIpc) is 0.779. The number of amides is 5.